The van der Waals surface area contributed by atoms with Gasteiger partial charge in [0.05, 0.1) is 0 Å². The average molecular weight is 297 g/mol. The summed E-state index contributed by atoms with van der Waals surface area (Å²) in [5.74, 6) is 1.30. The molecule has 1 saturated heterocycles. The number of hydrogen-bond donors (Lipinski definition) is 1. The maximum Gasteiger partial charge on any atom is 0.260 e. The maximum absolute atomic E-state index is 12.1. The van der Waals surface area contributed by atoms with Gasteiger partial charge >= 0.3 is 0 Å². The molecule has 20 heavy (non-hydrogen) atoms. The maximum atomic E-state index is 12.1. The molecule has 1 aromatic carbocycles. The summed E-state index contributed by atoms with van der Waals surface area (Å²) < 4.78 is 5.55. The van der Waals surface area contributed by atoms with E-state index in [4.69, 9.17) is 16.3 Å². The number of aryl methyl sites for hydroxylation is 1. The largest absolute Gasteiger partial charge is 0.484 e. The van der Waals surface area contributed by atoms with Crippen LogP contribution in [0.2, 0.25) is 5.02 Å². The molecule has 0 spiro atoms. The lowest BCUT2D eigenvalue weighted by Crippen LogP contribution is -2.34. The fourth-order valence-electron chi connectivity index (χ4n) is 2.46. The summed E-state index contributed by atoms with van der Waals surface area (Å²) in [4.78, 5) is 14.0. The molecule has 1 aromatic rings. The van der Waals surface area contributed by atoms with Crippen molar-refractivity contribution in [2.45, 2.75) is 13.3 Å². The zero-order valence-electron chi connectivity index (χ0n) is 12.0. The second kappa shape index (κ2) is 6.95. The molecule has 5 heteroatoms. The van der Waals surface area contributed by atoms with Crippen LogP contribution in [0.15, 0.2) is 18.2 Å². The number of ether oxygens (including phenoxy) is 1. The fraction of sp³-hybridized carbons (Fsp3) is 0.533. The number of benzene rings is 1. The second-order valence-electron chi connectivity index (χ2n) is 5.25. The summed E-state index contributed by atoms with van der Waals surface area (Å²) in [6.07, 6.45) is 1.06. The van der Waals surface area contributed by atoms with E-state index in [-0.39, 0.29) is 12.5 Å². The minimum atomic E-state index is 0.0520. The van der Waals surface area contributed by atoms with Crippen LogP contribution in [0, 0.1) is 12.8 Å². The van der Waals surface area contributed by atoms with Crippen LogP contribution in [0.25, 0.3) is 0 Å². The predicted octanol–water partition coefficient (Wildman–Crippen LogP) is 2.10. The summed E-state index contributed by atoms with van der Waals surface area (Å²) in [5, 5.41) is 3.86. The van der Waals surface area contributed by atoms with Crippen molar-refractivity contribution in [3.8, 4) is 5.75 Å². The predicted molar refractivity (Wildman–Crippen MR) is 80.3 cm³/mol. The molecule has 1 atom stereocenters. The van der Waals surface area contributed by atoms with Gasteiger partial charge in [0.2, 0.25) is 0 Å². The van der Waals surface area contributed by atoms with E-state index < -0.39 is 0 Å². The lowest BCUT2D eigenvalue weighted by molar-refractivity contribution is -0.132. The third-order valence-corrected chi connectivity index (χ3v) is 4.05. The monoisotopic (exact) mass is 296 g/mol. The Kier molecular flexibility index (Phi) is 5.26. The van der Waals surface area contributed by atoms with E-state index in [1.54, 1.807) is 12.1 Å². The molecule has 1 aliphatic rings. The van der Waals surface area contributed by atoms with Crippen molar-refractivity contribution in [1.29, 1.82) is 0 Å². The zero-order chi connectivity index (χ0) is 14.5. The van der Waals surface area contributed by atoms with Crippen LogP contribution in [-0.2, 0) is 4.79 Å². The van der Waals surface area contributed by atoms with E-state index in [0.29, 0.717) is 16.7 Å². The van der Waals surface area contributed by atoms with Crippen LogP contribution >= 0.6 is 11.6 Å². The van der Waals surface area contributed by atoms with Gasteiger partial charge in [-0.15, -0.1) is 0 Å². The summed E-state index contributed by atoms with van der Waals surface area (Å²) in [5.41, 5.74) is 0.951. The van der Waals surface area contributed by atoms with Gasteiger partial charge in [0, 0.05) is 18.1 Å². The highest BCUT2D eigenvalue weighted by Gasteiger charge is 2.25. The van der Waals surface area contributed by atoms with Crippen molar-refractivity contribution in [2.75, 3.05) is 33.3 Å². The van der Waals surface area contributed by atoms with Crippen molar-refractivity contribution in [1.82, 2.24) is 10.2 Å². The highest BCUT2D eigenvalue weighted by atomic mass is 35.5. The van der Waals surface area contributed by atoms with Crippen molar-refractivity contribution in [3.05, 3.63) is 28.8 Å². The highest BCUT2D eigenvalue weighted by Crippen LogP contribution is 2.21. The molecule has 0 aliphatic carbocycles. The molecule has 0 saturated carbocycles. The Morgan fingerprint density at radius 3 is 3.05 bits per heavy atom. The number of nitrogens with zero attached hydrogens (tertiary/aromatic N) is 1. The number of rotatable bonds is 5. The Labute approximate surface area is 125 Å². The van der Waals surface area contributed by atoms with Gasteiger partial charge in [-0.3, -0.25) is 4.79 Å². The first-order valence-electron chi connectivity index (χ1n) is 6.91. The molecule has 1 heterocycles. The van der Waals surface area contributed by atoms with Gasteiger partial charge in [0.1, 0.15) is 5.75 Å². The number of amides is 1. The molecule has 4 nitrogen and oxygen atoms in total. The summed E-state index contributed by atoms with van der Waals surface area (Å²) in [6.45, 7) is 4.62. The van der Waals surface area contributed by atoms with E-state index >= 15 is 0 Å². The van der Waals surface area contributed by atoms with Gasteiger partial charge in [0.25, 0.3) is 5.91 Å². The first-order chi connectivity index (χ1) is 9.60. The Morgan fingerprint density at radius 2 is 2.35 bits per heavy atom. The third kappa shape index (κ3) is 3.87. The van der Waals surface area contributed by atoms with Crippen molar-refractivity contribution < 1.29 is 9.53 Å². The molecule has 0 bridgehead atoms. The molecular formula is C15H21ClN2O2. The van der Waals surface area contributed by atoms with Crippen molar-refractivity contribution >= 4 is 17.5 Å². The topological polar surface area (TPSA) is 41.6 Å². The van der Waals surface area contributed by atoms with Crippen LogP contribution in [0.4, 0.5) is 0 Å². The molecule has 0 radical (unpaired) electrons. The first-order valence-corrected chi connectivity index (χ1v) is 7.29. The molecule has 1 fully saturated rings. The van der Waals surface area contributed by atoms with Crippen LogP contribution < -0.4 is 10.1 Å². The second-order valence-corrected chi connectivity index (χ2v) is 5.66. The van der Waals surface area contributed by atoms with Gasteiger partial charge in [-0.25, -0.2) is 0 Å². The molecule has 0 aromatic heterocycles. The van der Waals surface area contributed by atoms with Crippen LogP contribution in [0.3, 0.4) is 0 Å². The van der Waals surface area contributed by atoms with E-state index in [1.807, 2.05) is 24.9 Å². The van der Waals surface area contributed by atoms with E-state index in [1.165, 1.54) is 0 Å². The summed E-state index contributed by atoms with van der Waals surface area (Å²) >= 11 is 5.96. The van der Waals surface area contributed by atoms with Gasteiger partial charge in [-0.1, -0.05) is 11.6 Å². The van der Waals surface area contributed by atoms with Crippen LogP contribution in [0.1, 0.15) is 12.0 Å². The number of carbonyl (C=O) groups is 1. The van der Waals surface area contributed by atoms with E-state index in [2.05, 4.69) is 5.32 Å². The molecule has 1 aliphatic heterocycles. The standard InChI is InChI=1S/C15H21ClN2O2/c1-11-7-13(3-4-14(11)16)20-10-15(19)18-6-5-12(9-18)8-17-2/h3-4,7,12,17H,5-6,8-10H2,1-2H3/t12-/m0/s1. The van der Waals surface area contributed by atoms with Crippen molar-refractivity contribution in [2.24, 2.45) is 5.92 Å². The SMILES string of the molecule is CNC[C@@H]1CCN(C(=O)COc2ccc(Cl)c(C)c2)C1. The Balaban J connectivity index is 1.82. The number of hydrogen-bond acceptors (Lipinski definition) is 3. The number of halogens is 1. The van der Waals surface area contributed by atoms with Crippen molar-refractivity contribution in [3.63, 3.8) is 0 Å². The lowest BCUT2D eigenvalue weighted by Gasteiger charge is -2.17. The minimum Gasteiger partial charge on any atom is -0.484 e. The van der Waals surface area contributed by atoms with Gasteiger partial charge < -0.3 is 15.0 Å². The van der Waals surface area contributed by atoms with Gasteiger partial charge in [-0.05, 0) is 56.6 Å². The van der Waals surface area contributed by atoms with E-state index in [0.717, 1.165) is 31.6 Å². The summed E-state index contributed by atoms with van der Waals surface area (Å²) in [6, 6.07) is 5.43. The molecular weight excluding hydrogens is 276 g/mol. The Hall–Kier alpha value is -1.26. The molecule has 1 N–H and O–H groups in total. The Morgan fingerprint density at radius 1 is 1.55 bits per heavy atom. The normalized spacial score (nSPS) is 18.4. The Bertz CT molecular complexity index is 479. The number of carbonyl (C=O) groups excluding carboxylic acids is 1. The quantitative estimate of drug-likeness (QED) is 0.905. The number of likely N-dealkylation sites (tertiary alicyclic amines) is 1. The fourth-order valence-corrected chi connectivity index (χ4v) is 2.58. The lowest BCUT2D eigenvalue weighted by atomic mass is 10.1. The van der Waals surface area contributed by atoms with E-state index in [9.17, 15) is 4.79 Å². The highest BCUT2D eigenvalue weighted by molar-refractivity contribution is 6.31. The first kappa shape index (κ1) is 15.1. The van der Waals surface area contributed by atoms with Crippen LogP contribution in [0.5, 0.6) is 5.75 Å². The zero-order valence-corrected chi connectivity index (χ0v) is 12.7. The minimum absolute atomic E-state index is 0.0520. The average Bonchev–Trinajstić information content (AvgIpc) is 2.89. The summed E-state index contributed by atoms with van der Waals surface area (Å²) in [7, 11) is 1.94. The van der Waals surface area contributed by atoms with Crippen LogP contribution in [-0.4, -0.2) is 44.1 Å². The van der Waals surface area contributed by atoms with Gasteiger partial charge in [-0.2, -0.15) is 0 Å². The molecule has 110 valence electrons. The molecule has 2 rings (SSSR count). The molecule has 1 amide bonds. The smallest absolute Gasteiger partial charge is 0.260 e. The third-order valence-electron chi connectivity index (χ3n) is 3.62. The molecule has 0 unspecified atom stereocenters. The van der Waals surface area contributed by atoms with Gasteiger partial charge in [0.15, 0.2) is 6.61 Å². The number of nitrogens with one attached hydrogen (secondary N) is 1.